The largest absolute Gasteiger partial charge is 0.469 e. The monoisotopic (exact) mass is 749 g/mol. The number of rotatable bonds is 27. The summed E-state index contributed by atoms with van der Waals surface area (Å²) in [5.74, 6) is -5.74. The van der Waals surface area contributed by atoms with E-state index in [-0.39, 0.29) is 36.9 Å². The van der Waals surface area contributed by atoms with Crippen molar-refractivity contribution in [3.8, 4) is 0 Å². The number of hydrogen-bond acceptors (Lipinski definition) is 9. The maximum Gasteiger partial charge on any atom is 0.469 e. The minimum Gasteiger partial charge on any atom is -0.394 e. The smallest absolute Gasteiger partial charge is 0.394 e. The molecule has 2 aromatic rings. The Balaban J connectivity index is 2.00. The number of ketones is 2. The lowest BCUT2D eigenvalue weighted by Gasteiger charge is -2.25. The van der Waals surface area contributed by atoms with Crippen molar-refractivity contribution in [2.24, 2.45) is 23.5 Å². The average Bonchev–Trinajstić information content (AvgIpc) is 3.59. The van der Waals surface area contributed by atoms with Gasteiger partial charge in [-0.15, -0.1) is 0 Å². The number of nitrogens with zero attached hydrogens (tertiary/aromatic N) is 1. The molecule has 0 saturated heterocycles. The number of nitrogens with two attached hydrogens (primary N) is 1. The molecule has 0 aliphatic carbocycles. The highest BCUT2D eigenvalue weighted by atomic mass is 31.2. The molecule has 52 heavy (non-hydrogen) atoms. The van der Waals surface area contributed by atoms with Crippen LogP contribution in [0.2, 0.25) is 0 Å². The highest BCUT2D eigenvalue weighted by molar-refractivity contribution is 7.46. The maximum absolute atomic E-state index is 13.7. The first kappa shape index (κ1) is 44.4. The number of aryl methyl sites for hydroxylation is 1. The number of unbranched alkanes of at least 4 members (excludes halogenated alkanes) is 5. The molecule has 15 nitrogen and oxygen atoms in total. The zero-order valence-corrected chi connectivity index (χ0v) is 31.3. The summed E-state index contributed by atoms with van der Waals surface area (Å²) in [6.07, 6.45) is 8.07. The van der Waals surface area contributed by atoms with E-state index in [2.05, 4.69) is 37.3 Å². The van der Waals surface area contributed by atoms with Gasteiger partial charge in [0.15, 0.2) is 11.6 Å². The van der Waals surface area contributed by atoms with E-state index in [1.807, 2.05) is 32.0 Å². The van der Waals surface area contributed by atoms with Gasteiger partial charge in [-0.1, -0.05) is 69.9 Å². The van der Waals surface area contributed by atoms with Crippen LogP contribution in [-0.4, -0.2) is 78.9 Å². The summed E-state index contributed by atoms with van der Waals surface area (Å²) < 4.78 is 15.8. The van der Waals surface area contributed by atoms with Gasteiger partial charge >= 0.3 is 7.82 Å². The fraction of sp³-hybridized carbons (Fsp3) is 0.611. The molecule has 0 aliphatic heterocycles. The van der Waals surface area contributed by atoms with E-state index in [0.29, 0.717) is 18.5 Å². The second-order valence-electron chi connectivity index (χ2n) is 13.7. The molecule has 0 saturated carbocycles. The van der Waals surface area contributed by atoms with Gasteiger partial charge in [0.1, 0.15) is 6.04 Å². The van der Waals surface area contributed by atoms with Gasteiger partial charge in [-0.3, -0.25) is 28.5 Å². The van der Waals surface area contributed by atoms with Crippen molar-refractivity contribution in [1.82, 2.24) is 20.6 Å². The first-order valence-electron chi connectivity index (χ1n) is 17.9. The van der Waals surface area contributed by atoms with Gasteiger partial charge in [-0.25, -0.2) is 9.55 Å². The number of aliphatic hydroxyl groups excluding tert-OH is 1. The third-order valence-corrected chi connectivity index (χ3v) is 9.38. The number of hydrogen-bond donors (Lipinski definition) is 7. The second kappa shape index (κ2) is 23.0. The first-order valence-corrected chi connectivity index (χ1v) is 19.4. The Kier molecular flexibility index (Phi) is 19.7. The van der Waals surface area contributed by atoms with Crippen LogP contribution in [0.1, 0.15) is 96.2 Å². The summed E-state index contributed by atoms with van der Waals surface area (Å²) in [7, 11) is -5.02. The highest BCUT2D eigenvalue weighted by Crippen LogP contribution is 2.39. The van der Waals surface area contributed by atoms with E-state index < -0.39 is 68.5 Å². The minimum absolute atomic E-state index is 0.0225. The van der Waals surface area contributed by atoms with Gasteiger partial charge in [0, 0.05) is 37.6 Å². The van der Waals surface area contributed by atoms with Crippen LogP contribution in [0.15, 0.2) is 42.9 Å². The molecule has 2 rings (SSSR count). The Morgan fingerprint density at radius 1 is 0.904 bits per heavy atom. The van der Waals surface area contributed by atoms with Crippen LogP contribution in [0.5, 0.6) is 0 Å². The standard InChI is InChI=1S/C36H56N5O10P/c1-24(2)17-30(40-34(45)16-12-7-5-4-6-9-13-26-14-10-8-11-15-26)32(43)19-27(18-28-21-38-23-39-28)36(47)41-31(22-42)33(44)20-29(35(37)46)25(3)51-52(48,49)50/h8,10-11,14-15,21,23-25,27,29-31,42H,4-7,9,12-13,16-20,22H2,1-3H3,(H2,37,46)(H,38,39)(H,40,45)(H,41,47)(H2,48,49,50)/t25-,27-,29+,30+,31+/m1/s1. The van der Waals surface area contributed by atoms with Crippen LogP contribution in [-0.2, 0) is 45.9 Å². The molecule has 8 N–H and O–H groups in total. The fourth-order valence-electron chi connectivity index (χ4n) is 5.94. The van der Waals surface area contributed by atoms with Crippen LogP contribution in [0, 0.1) is 17.8 Å². The molecule has 0 aliphatic rings. The molecule has 1 aromatic heterocycles. The van der Waals surface area contributed by atoms with Crippen molar-refractivity contribution in [2.45, 2.75) is 116 Å². The molecular formula is C36H56N5O10P. The summed E-state index contributed by atoms with van der Waals surface area (Å²) in [5.41, 5.74) is 7.21. The summed E-state index contributed by atoms with van der Waals surface area (Å²) in [6, 6.07) is 7.99. The van der Waals surface area contributed by atoms with Crippen LogP contribution < -0.4 is 16.4 Å². The maximum atomic E-state index is 13.7. The lowest BCUT2D eigenvalue weighted by molar-refractivity contribution is -0.135. The topological polar surface area (TPSA) is 251 Å². The third kappa shape index (κ3) is 17.6. The zero-order valence-electron chi connectivity index (χ0n) is 30.4. The number of carbonyl (C=O) groups excluding carboxylic acids is 5. The minimum atomic E-state index is -5.02. The molecule has 3 amide bonds. The second-order valence-corrected chi connectivity index (χ2v) is 14.9. The van der Waals surface area contributed by atoms with Crippen molar-refractivity contribution in [3.63, 3.8) is 0 Å². The highest BCUT2D eigenvalue weighted by Gasteiger charge is 2.35. The molecule has 1 aromatic carbocycles. The average molecular weight is 750 g/mol. The molecular weight excluding hydrogens is 693 g/mol. The lowest BCUT2D eigenvalue weighted by Crippen LogP contribution is -2.49. The van der Waals surface area contributed by atoms with Crippen LogP contribution in [0.25, 0.3) is 0 Å². The third-order valence-electron chi connectivity index (χ3n) is 8.78. The van der Waals surface area contributed by atoms with Gasteiger partial charge in [0.2, 0.25) is 17.7 Å². The van der Waals surface area contributed by atoms with Crippen molar-refractivity contribution >= 4 is 37.1 Å². The Labute approximate surface area is 305 Å². The predicted molar refractivity (Wildman–Crippen MR) is 193 cm³/mol. The molecule has 1 heterocycles. The number of carbonyl (C=O) groups is 5. The number of aromatic nitrogens is 2. The van der Waals surface area contributed by atoms with E-state index in [1.165, 1.54) is 18.1 Å². The van der Waals surface area contributed by atoms with Crippen LogP contribution in [0.3, 0.4) is 0 Å². The van der Waals surface area contributed by atoms with Crippen molar-refractivity contribution in [3.05, 3.63) is 54.1 Å². The summed E-state index contributed by atoms with van der Waals surface area (Å²) in [5, 5.41) is 15.3. The predicted octanol–water partition coefficient (Wildman–Crippen LogP) is 3.07. The number of imidazole rings is 1. The number of Topliss-reactive ketones (excluding diaryl/α,β-unsaturated/α-hetero) is 2. The lowest BCUT2D eigenvalue weighted by atomic mass is 9.89. The Morgan fingerprint density at radius 2 is 1.54 bits per heavy atom. The number of benzene rings is 1. The molecule has 0 fully saturated rings. The summed E-state index contributed by atoms with van der Waals surface area (Å²) in [4.78, 5) is 90.3. The number of H-pyrrole nitrogens is 1. The molecule has 0 unspecified atom stereocenters. The van der Waals surface area contributed by atoms with E-state index >= 15 is 0 Å². The molecule has 0 spiro atoms. The number of amides is 3. The molecule has 0 bridgehead atoms. The summed E-state index contributed by atoms with van der Waals surface area (Å²) >= 11 is 0. The van der Waals surface area contributed by atoms with Gasteiger partial charge in [0.25, 0.3) is 0 Å². The normalized spacial score (nSPS) is 14.6. The number of phosphoric ester groups is 1. The van der Waals surface area contributed by atoms with Crippen molar-refractivity contribution in [2.75, 3.05) is 6.61 Å². The number of nitrogens with one attached hydrogen (secondary N) is 3. The number of aliphatic hydroxyl groups is 1. The molecule has 0 radical (unpaired) electrons. The molecule has 16 heteroatoms. The van der Waals surface area contributed by atoms with Gasteiger partial charge in [-0.05, 0) is 44.1 Å². The number of phosphoric acid groups is 1. The van der Waals surface area contributed by atoms with Crippen LogP contribution in [0.4, 0.5) is 0 Å². The van der Waals surface area contributed by atoms with E-state index in [9.17, 15) is 33.6 Å². The zero-order chi connectivity index (χ0) is 38.7. The van der Waals surface area contributed by atoms with E-state index in [0.717, 1.165) is 45.4 Å². The van der Waals surface area contributed by atoms with E-state index in [1.54, 1.807) is 0 Å². The summed E-state index contributed by atoms with van der Waals surface area (Å²) in [6.45, 7) is 4.12. The quantitative estimate of drug-likeness (QED) is 0.0516. The molecule has 290 valence electrons. The Bertz CT molecular complexity index is 1450. The van der Waals surface area contributed by atoms with Gasteiger partial charge in [0.05, 0.1) is 36.9 Å². The number of aromatic amines is 1. The van der Waals surface area contributed by atoms with Gasteiger partial charge in [-0.2, -0.15) is 0 Å². The Morgan fingerprint density at radius 3 is 2.12 bits per heavy atom. The SMILES string of the molecule is CC(C)C[C@H](NC(=O)CCCCCCCCc1ccccc1)C(=O)C[C@@H](Cc1cnc[nH]1)C(=O)N[C@@H](CO)C(=O)C[C@H](C(N)=O)[C@@H](C)OP(=O)(O)O. The first-order chi connectivity index (χ1) is 24.6. The fourth-order valence-corrected chi connectivity index (χ4v) is 6.52. The van der Waals surface area contributed by atoms with Gasteiger partial charge < -0.3 is 36.2 Å². The van der Waals surface area contributed by atoms with Crippen molar-refractivity contribution < 1.29 is 48.0 Å². The Hall–Kier alpha value is -3.75. The van der Waals surface area contributed by atoms with E-state index in [4.69, 9.17) is 15.5 Å². The van der Waals surface area contributed by atoms with Crippen molar-refractivity contribution in [1.29, 1.82) is 0 Å². The number of primary amides is 1. The van der Waals surface area contributed by atoms with Crippen LogP contribution >= 0.6 is 7.82 Å². The molecule has 5 atom stereocenters.